The average molecular weight is 627 g/mol. The molecule has 0 spiro atoms. The fraction of sp³-hybridized carbons (Fsp3) is 0. The molecule has 0 heterocycles. The minimum absolute atomic E-state index is 0.331. The Labute approximate surface area is 282 Å². The smallest absolute Gasteiger partial charge is 0.335 e. The monoisotopic (exact) mass is 626 g/mol. The van der Waals surface area contributed by atoms with E-state index >= 15 is 0 Å². The predicted molar refractivity (Wildman–Crippen MR) is 209 cm³/mol. The van der Waals surface area contributed by atoms with Gasteiger partial charge in [0.1, 0.15) is 0 Å². The van der Waals surface area contributed by atoms with Crippen molar-refractivity contribution in [1.29, 1.82) is 0 Å². The topological polar surface area (TPSA) is 37.3 Å². The van der Waals surface area contributed by atoms with Crippen molar-refractivity contribution in [3.63, 3.8) is 0 Å². The summed E-state index contributed by atoms with van der Waals surface area (Å²) in [4.78, 5) is 10.2. The summed E-state index contributed by atoms with van der Waals surface area (Å²) in [6.45, 7) is 0. The van der Waals surface area contributed by atoms with Gasteiger partial charge in [0.15, 0.2) is 0 Å². The fourth-order valence-electron chi connectivity index (χ4n) is 7.74. The van der Waals surface area contributed by atoms with Gasteiger partial charge < -0.3 is 5.11 Å². The van der Waals surface area contributed by atoms with Gasteiger partial charge in [-0.1, -0.05) is 164 Å². The number of hydrogen-bond donors (Lipinski definition) is 1. The van der Waals surface area contributed by atoms with Crippen LogP contribution < -0.4 is 0 Å². The highest BCUT2D eigenvalue weighted by Gasteiger charge is 2.13. The third kappa shape index (κ3) is 4.69. The fourth-order valence-corrected chi connectivity index (χ4v) is 7.74. The zero-order valence-corrected chi connectivity index (χ0v) is 26.6. The van der Waals surface area contributed by atoms with E-state index in [1.165, 1.54) is 86.2 Å². The van der Waals surface area contributed by atoms with E-state index in [-0.39, 0.29) is 0 Å². The van der Waals surface area contributed by atoms with Crippen LogP contribution in [0.1, 0.15) is 10.4 Å². The largest absolute Gasteiger partial charge is 0.478 e. The van der Waals surface area contributed by atoms with Crippen LogP contribution in [0.5, 0.6) is 0 Å². The van der Waals surface area contributed by atoms with Gasteiger partial charge in [0.2, 0.25) is 0 Å². The van der Waals surface area contributed by atoms with Crippen LogP contribution >= 0.6 is 0 Å². The van der Waals surface area contributed by atoms with Gasteiger partial charge in [0.05, 0.1) is 5.56 Å². The third-order valence-electron chi connectivity index (χ3n) is 9.80. The molecule has 2 heteroatoms. The van der Waals surface area contributed by atoms with Crippen LogP contribution in [-0.2, 0) is 0 Å². The van der Waals surface area contributed by atoms with Gasteiger partial charge >= 0.3 is 5.97 Å². The number of carbonyl (C=O) groups is 1. The summed E-state index contributed by atoms with van der Waals surface area (Å²) in [6, 6.07) is 61.2. The number of benzene rings is 11. The predicted octanol–water partition coefficient (Wildman–Crippen LogP) is 12.9. The first-order chi connectivity index (χ1) is 24.2. The first-order valence-electron chi connectivity index (χ1n) is 16.5. The lowest BCUT2D eigenvalue weighted by Crippen LogP contribution is -1.93. The Morgan fingerprint density at radius 1 is 0.286 bits per heavy atom. The Morgan fingerprint density at radius 2 is 0.510 bits per heavy atom. The Kier molecular flexibility index (Phi) is 6.81. The lowest BCUT2D eigenvalue weighted by molar-refractivity contribution is 0.0697. The molecule has 11 aromatic rings. The molecular formula is C47H30O2. The van der Waals surface area contributed by atoms with E-state index in [0.717, 1.165) is 0 Å². The highest BCUT2D eigenvalue weighted by atomic mass is 16.4. The molecule has 0 fully saturated rings. The van der Waals surface area contributed by atoms with Crippen molar-refractivity contribution in [2.75, 3.05) is 0 Å². The first kappa shape index (κ1) is 28.7. The summed E-state index contributed by atoms with van der Waals surface area (Å²) >= 11 is 0. The second-order valence-electron chi connectivity index (χ2n) is 12.5. The van der Waals surface area contributed by atoms with Crippen molar-refractivity contribution in [1.82, 2.24) is 0 Å². The molecule has 0 aromatic heterocycles. The standard InChI is InChI=1S/2C20H12.C7H6O2/c2*1-5-13-6-2-11-17-18-12-4-8-14-7-3-10-16(20(14)18)15(9-1)19(13)17;8-7(9)6-4-2-1-3-5-6/h2*1-12H;1-5H,(H,8,9). The average Bonchev–Trinajstić information content (AvgIpc) is 3.16. The summed E-state index contributed by atoms with van der Waals surface area (Å²) in [5.74, 6) is -0.879. The van der Waals surface area contributed by atoms with Gasteiger partial charge in [-0.15, -0.1) is 0 Å². The molecule has 2 nitrogen and oxygen atoms in total. The molecule has 11 aromatic carbocycles. The molecule has 0 unspecified atom stereocenters. The molecule has 0 aliphatic carbocycles. The van der Waals surface area contributed by atoms with Crippen molar-refractivity contribution in [3.8, 4) is 0 Å². The third-order valence-corrected chi connectivity index (χ3v) is 9.80. The molecule has 0 bridgehead atoms. The van der Waals surface area contributed by atoms with Crippen molar-refractivity contribution in [3.05, 3.63) is 181 Å². The molecule has 0 aliphatic heterocycles. The van der Waals surface area contributed by atoms with Gasteiger partial charge in [0, 0.05) is 0 Å². The number of aromatic carboxylic acids is 1. The highest BCUT2D eigenvalue weighted by molar-refractivity contribution is 6.34. The van der Waals surface area contributed by atoms with Gasteiger partial charge in [-0.2, -0.15) is 0 Å². The maximum atomic E-state index is 10.2. The minimum Gasteiger partial charge on any atom is -0.478 e. The Hall–Kier alpha value is -6.51. The zero-order valence-electron chi connectivity index (χ0n) is 26.6. The lowest BCUT2D eigenvalue weighted by atomic mass is 9.90. The quantitative estimate of drug-likeness (QED) is 0.145. The van der Waals surface area contributed by atoms with Crippen molar-refractivity contribution < 1.29 is 9.90 Å². The SMILES string of the molecule is O=C(O)c1ccccc1.c1cc2cccc3c4cccc5cccc(c(c1)c23)c54.c1cc2cccc3c4cccc5cccc(c(c1)c23)c54. The van der Waals surface area contributed by atoms with Crippen LogP contribution in [0.15, 0.2) is 176 Å². The van der Waals surface area contributed by atoms with E-state index in [9.17, 15) is 4.79 Å². The molecule has 1 N–H and O–H groups in total. The molecule has 0 saturated carbocycles. The molecule has 0 aliphatic rings. The van der Waals surface area contributed by atoms with E-state index in [2.05, 4.69) is 146 Å². The van der Waals surface area contributed by atoms with Crippen LogP contribution in [0.4, 0.5) is 0 Å². The second-order valence-corrected chi connectivity index (χ2v) is 12.5. The van der Waals surface area contributed by atoms with Gasteiger partial charge in [-0.25, -0.2) is 4.79 Å². The molecule has 11 rings (SSSR count). The van der Waals surface area contributed by atoms with Gasteiger partial charge in [-0.05, 0) is 98.3 Å². The number of carboxylic acids is 1. The maximum Gasteiger partial charge on any atom is 0.335 e. The van der Waals surface area contributed by atoms with Crippen molar-refractivity contribution >= 4 is 92.1 Å². The molecule has 230 valence electrons. The van der Waals surface area contributed by atoms with E-state index in [1.54, 1.807) is 30.3 Å². The zero-order chi connectivity index (χ0) is 32.9. The molecule has 0 saturated heterocycles. The minimum atomic E-state index is -0.879. The summed E-state index contributed by atoms with van der Waals surface area (Å²) in [7, 11) is 0. The van der Waals surface area contributed by atoms with Crippen molar-refractivity contribution in [2.24, 2.45) is 0 Å². The van der Waals surface area contributed by atoms with Crippen LogP contribution in [0.2, 0.25) is 0 Å². The molecule has 0 amide bonds. The Bertz CT molecular complexity index is 2440. The summed E-state index contributed by atoms with van der Waals surface area (Å²) in [6.07, 6.45) is 0. The van der Waals surface area contributed by atoms with Crippen LogP contribution in [0, 0.1) is 0 Å². The van der Waals surface area contributed by atoms with E-state index in [4.69, 9.17) is 5.11 Å². The normalized spacial score (nSPS) is 11.4. The molecule has 49 heavy (non-hydrogen) atoms. The first-order valence-corrected chi connectivity index (χ1v) is 16.5. The van der Waals surface area contributed by atoms with Crippen LogP contribution in [0.25, 0.3) is 86.2 Å². The molecular weight excluding hydrogens is 597 g/mol. The van der Waals surface area contributed by atoms with E-state index < -0.39 is 5.97 Å². The number of rotatable bonds is 1. The maximum absolute atomic E-state index is 10.2. The van der Waals surface area contributed by atoms with E-state index in [1.807, 2.05) is 0 Å². The number of carboxylic acid groups (broad SMARTS) is 1. The number of fused-ring (bicyclic) bond motifs is 4. The summed E-state index contributed by atoms with van der Waals surface area (Å²) in [5, 5.41) is 30.2. The van der Waals surface area contributed by atoms with Gasteiger partial charge in [-0.3, -0.25) is 0 Å². The second kappa shape index (κ2) is 11.6. The molecule has 0 atom stereocenters. The van der Waals surface area contributed by atoms with Crippen LogP contribution in [0.3, 0.4) is 0 Å². The summed E-state index contributed by atoms with van der Waals surface area (Å²) < 4.78 is 0. The van der Waals surface area contributed by atoms with Crippen LogP contribution in [-0.4, -0.2) is 11.1 Å². The van der Waals surface area contributed by atoms with Crippen molar-refractivity contribution in [2.45, 2.75) is 0 Å². The lowest BCUT2D eigenvalue weighted by Gasteiger charge is -2.13. The Balaban J connectivity index is 0.000000107. The highest BCUT2D eigenvalue weighted by Crippen LogP contribution is 2.41. The van der Waals surface area contributed by atoms with Gasteiger partial charge in [0.25, 0.3) is 0 Å². The van der Waals surface area contributed by atoms with E-state index in [0.29, 0.717) is 5.56 Å². The number of hydrogen-bond acceptors (Lipinski definition) is 1. The molecule has 0 radical (unpaired) electrons. The Morgan fingerprint density at radius 3 is 0.694 bits per heavy atom. The summed E-state index contributed by atoms with van der Waals surface area (Å²) in [5.41, 5.74) is 0.331.